The molecule has 0 atom stereocenters. The standard InChI is InChI=1S/C21H22N4O2/c1-24(2)12-7-13-27-19(26)14-25-18-11-6-3-8-15(18)20-21(25)23-17-10-5-4-9-16(17)22-20/h3-6,8-11H,7,12-14H2,1-2H3. The molecule has 2 aromatic heterocycles. The number of benzene rings is 2. The lowest BCUT2D eigenvalue weighted by Gasteiger charge is -2.10. The van der Waals surface area contributed by atoms with Crippen molar-refractivity contribution >= 4 is 39.1 Å². The van der Waals surface area contributed by atoms with E-state index >= 15 is 0 Å². The number of ether oxygens (including phenoxy) is 1. The van der Waals surface area contributed by atoms with E-state index in [0.717, 1.165) is 40.4 Å². The fourth-order valence-electron chi connectivity index (χ4n) is 3.28. The van der Waals surface area contributed by atoms with Gasteiger partial charge in [-0.15, -0.1) is 0 Å². The van der Waals surface area contributed by atoms with Gasteiger partial charge in [-0.05, 0) is 38.7 Å². The first-order chi connectivity index (χ1) is 13.1. The highest BCUT2D eigenvalue weighted by atomic mass is 16.5. The monoisotopic (exact) mass is 362 g/mol. The van der Waals surface area contributed by atoms with Crippen LogP contribution in [0.4, 0.5) is 0 Å². The molecule has 0 aliphatic rings. The van der Waals surface area contributed by atoms with Crippen LogP contribution in [0.5, 0.6) is 0 Å². The van der Waals surface area contributed by atoms with Gasteiger partial charge >= 0.3 is 5.97 Å². The molecule has 0 aliphatic heterocycles. The Morgan fingerprint density at radius 3 is 2.52 bits per heavy atom. The van der Waals surface area contributed by atoms with Crippen LogP contribution in [0.1, 0.15) is 6.42 Å². The number of fused-ring (bicyclic) bond motifs is 4. The van der Waals surface area contributed by atoms with E-state index in [2.05, 4.69) is 4.90 Å². The van der Waals surface area contributed by atoms with Gasteiger partial charge in [-0.3, -0.25) is 4.79 Å². The Labute approximate surface area is 157 Å². The van der Waals surface area contributed by atoms with Gasteiger partial charge < -0.3 is 14.2 Å². The number of nitrogens with zero attached hydrogens (tertiary/aromatic N) is 4. The van der Waals surface area contributed by atoms with Crippen molar-refractivity contribution in [3.63, 3.8) is 0 Å². The first kappa shape index (κ1) is 17.4. The van der Waals surface area contributed by atoms with Crippen molar-refractivity contribution in [2.24, 2.45) is 0 Å². The second-order valence-corrected chi connectivity index (χ2v) is 6.87. The van der Waals surface area contributed by atoms with E-state index in [-0.39, 0.29) is 12.5 Å². The molecule has 2 aromatic carbocycles. The third-order valence-corrected chi connectivity index (χ3v) is 4.56. The van der Waals surface area contributed by atoms with E-state index in [4.69, 9.17) is 14.7 Å². The van der Waals surface area contributed by atoms with Crippen LogP contribution in [-0.4, -0.2) is 52.7 Å². The summed E-state index contributed by atoms with van der Waals surface area (Å²) in [6.45, 7) is 1.43. The van der Waals surface area contributed by atoms with Crippen molar-refractivity contribution < 1.29 is 9.53 Å². The maximum atomic E-state index is 12.4. The summed E-state index contributed by atoms with van der Waals surface area (Å²) in [4.78, 5) is 24.0. The van der Waals surface area contributed by atoms with Gasteiger partial charge in [0.2, 0.25) is 0 Å². The Kier molecular flexibility index (Phi) is 4.73. The van der Waals surface area contributed by atoms with Crippen LogP contribution in [0.2, 0.25) is 0 Å². The van der Waals surface area contributed by atoms with Crippen molar-refractivity contribution in [3.8, 4) is 0 Å². The lowest BCUT2D eigenvalue weighted by Crippen LogP contribution is -2.18. The van der Waals surface area contributed by atoms with E-state index < -0.39 is 0 Å². The molecule has 0 spiro atoms. The quantitative estimate of drug-likeness (QED) is 0.389. The van der Waals surface area contributed by atoms with E-state index in [9.17, 15) is 4.79 Å². The molecule has 27 heavy (non-hydrogen) atoms. The highest BCUT2D eigenvalue weighted by Crippen LogP contribution is 2.28. The molecular formula is C21H22N4O2. The topological polar surface area (TPSA) is 60.2 Å². The van der Waals surface area contributed by atoms with Gasteiger partial charge in [0.05, 0.1) is 23.2 Å². The first-order valence-electron chi connectivity index (χ1n) is 9.07. The van der Waals surface area contributed by atoms with Crippen LogP contribution in [-0.2, 0) is 16.1 Å². The first-order valence-corrected chi connectivity index (χ1v) is 9.07. The molecule has 0 aliphatic carbocycles. The van der Waals surface area contributed by atoms with E-state index in [1.165, 1.54) is 0 Å². The highest BCUT2D eigenvalue weighted by Gasteiger charge is 2.16. The fourth-order valence-corrected chi connectivity index (χ4v) is 3.28. The van der Waals surface area contributed by atoms with E-state index in [0.29, 0.717) is 12.3 Å². The van der Waals surface area contributed by atoms with Crippen molar-refractivity contribution in [3.05, 3.63) is 48.5 Å². The third-order valence-electron chi connectivity index (χ3n) is 4.56. The second-order valence-electron chi connectivity index (χ2n) is 6.87. The molecule has 0 saturated carbocycles. The second kappa shape index (κ2) is 7.32. The number of esters is 1. The minimum atomic E-state index is -0.258. The summed E-state index contributed by atoms with van der Waals surface area (Å²) >= 11 is 0. The Morgan fingerprint density at radius 1 is 1.04 bits per heavy atom. The largest absolute Gasteiger partial charge is 0.464 e. The molecule has 0 bridgehead atoms. The zero-order valence-corrected chi connectivity index (χ0v) is 15.6. The summed E-state index contributed by atoms with van der Waals surface area (Å²) in [5.41, 5.74) is 4.12. The third kappa shape index (κ3) is 3.48. The SMILES string of the molecule is CN(C)CCCOC(=O)Cn1c2ccccc2c2nc3ccccc3nc21. The van der Waals surface area contributed by atoms with E-state index in [1.807, 2.05) is 67.2 Å². The van der Waals surface area contributed by atoms with Crippen LogP contribution in [0.25, 0.3) is 33.1 Å². The Bertz CT molecular complexity index is 1120. The minimum Gasteiger partial charge on any atom is -0.464 e. The number of para-hydroxylation sites is 3. The molecule has 138 valence electrons. The normalized spacial score (nSPS) is 11.7. The smallest absolute Gasteiger partial charge is 0.326 e. The van der Waals surface area contributed by atoms with Crippen LogP contribution < -0.4 is 0 Å². The van der Waals surface area contributed by atoms with Gasteiger partial charge in [-0.25, -0.2) is 9.97 Å². The van der Waals surface area contributed by atoms with Crippen molar-refractivity contribution in [1.29, 1.82) is 0 Å². The molecule has 0 radical (unpaired) electrons. The predicted octanol–water partition coefficient (Wildman–Crippen LogP) is 3.23. The number of rotatable bonds is 6. The van der Waals surface area contributed by atoms with Crippen LogP contribution >= 0.6 is 0 Å². The van der Waals surface area contributed by atoms with Gasteiger partial charge in [0, 0.05) is 11.9 Å². The highest BCUT2D eigenvalue weighted by molar-refractivity contribution is 6.06. The summed E-state index contributed by atoms with van der Waals surface area (Å²) in [7, 11) is 4.01. The molecule has 2 heterocycles. The lowest BCUT2D eigenvalue weighted by molar-refractivity contribution is -0.144. The molecule has 0 N–H and O–H groups in total. The molecule has 4 aromatic rings. The molecule has 6 nitrogen and oxygen atoms in total. The number of carbonyl (C=O) groups excluding carboxylic acids is 1. The number of aromatic nitrogens is 3. The van der Waals surface area contributed by atoms with E-state index in [1.54, 1.807) is 0 Å². The van der Waals surface area contributed by atoms with Gasteiger partial charge in [0.1, 0.15) is 12.1 Å². The fraction of sp³-hybridized carbons (Fsp3) is 0.286. The summed E-state index contributed by atoms with van der Waals surface area (Å²) < 4.78 is 7.32. The van der Waals surface area contributed by atoms with Crippen LogP contribution in [0.15, 0.2) is 48.5 Å². The molecular weight excluding hydrogens is 340 g/mol. The van der Waals surface area contributed by atoms with Gasteiger partial charge in [-0.1, -0.05) is 30.3 Å². The van der Waals surface area contributed by atoms with Crippen molar-refractivity contribution in [2.75, 3.05) is 27.2 Å². The molecule has 4 rings (SSSR count). The predicted molar refractivity (Wildman–Crippen MR) is 107 cm³/mol. The average Bonchev–Trinajstić information content (AvgIpc) is 2.97. The zero-order chi connectivity index (χ0) is 18.8. The molecule has 0 fully saturated rings. The lowest BCUT2D eigenvalue weighted by atomic mass is 10.2. The van der Waals surface area contributed by atoms with Gasteiger partial charge in [-0.2, -0.15) is 0 Å². The molecule has 0 saturated heterocycles. The minimum absolute atomic E-state index is 0.124. The number of carbonyl (C=O) groups is 1. The van der Waals surface area contributed by atoms with Gasteiger partial charge in [0.25, 0.3) is 0 Å². The molecule has 0 unspecified atom stereocenters. The summed E-state index contributed by atoms with van der Waals surface area (Å²) in [6, 6.07) is 15.7. The summed E-state index contributed by atoms with van der Waals surface area (Å²) in [5.74, 6) is -0.258. The van der Waals surface area contributed by atoms with Crippen molar-refractivity contribution in [1.82, 2.24) is 19.4 Å². The maximum absolute atomic E-state index is 12.4. The average molecular weight is 362 g/mol. The van der Waals surface area contributed by atoms with Crippen LogP contribution in [0, 0.1) is 0 Å². The molecule has 0 amide bonds. The van der Waals surface area contributed by atoms with Crippen molar-refractivity contribution in [2.45, 2.75) is 13.0 Å². The number of hydrogen-bond acceptors (Lipinski definition) is 5. The Morgan fingerprint density at radius 2 is 1.74 bits per heavy atom. The molecule has 6 heteroatoms. The maximum Gasteiger partial charge on any atom is 0.326 e. The summed E-state index contributed by atoms with van der Waals surface area (Å²) in [5, 5.41) is 0.992. The van der Waals surface area contributed by atoms with Gasteiger partial charge in [0.15, 0.2) is 5.65 Å². The zero-order valence-electron chi connectivity index (χ0n) is 15.6. The Hall–Kier alpha value is -2.99. The summed E-state index contributed by atoms with van der Waals surface area (Å²) in [6.07, 6.45) is 0.816. The van der Waals surface area contributed by atoms with Crippen LogP contribution in [0.3, 0.4) is 0 Å². The number of hydrogen-bond donors (Lipinski definition) is 0. The Balaban J connectivity index is 1.70.